The van der Waals surface area contributed by atoms with Gasteiger partial charge in [-0.05, 0) is 41.9 Å². The smallest absolute Gasteiger partial charge is 0.257 e. The van der Waals surface area contributed by atoms with Gasteiger partial charge in [0, 0.05) is 10.0 Å². The third kappa shape index (κ3) is 2.55. The van der Waals surface area contributed by atoms with Crippen molar-refractivity contribution in [3.63, 3.8) is 0 Å². The molecule has 5 heteroatoms. The van der Waals surface area contributed by atoms with E-state index < -0.39 is 0 Å². The molecule has 17 heavy (non-hydrogen) atoms. The maximum absolute atomic E-state index is 12.0. The fraction of sp³-hybridized carbons (Fsp3) is 0.167. The van der Waals surface area contributed by atoms with E-state index in [4.69, 9.17) is 0 Å². The van der Waals surface area contributed by atoms with E-state index in [-0.39, 0.29) is 5.91 Å². The Labute approximate surface area is 108 Å². The number of rotatable bonds is 2. The quantitative estimate of drug-likeness (QED) is 0.894. The van der Waals surface area contributed by atoms with Crippen molar-refractivity contribution in [2.75, 3.05) is 5.32 Å². The number of hydrogen-bond acceptors (Lipinski definition) is 2. The highest BCUT2D eigenvalue weighted by molar-refractivity contribution is 9.10. The summed E-state index contributed by atoms with van der Waals surface area (Å²) in [7, 11) is 0. The van der Waals surface area contributed by atoms with Crippen LogP contribution in [0.25, 0.3) is 0 Å². The number of anilines is 1. The van der Waals surface area contributed by atoms with E-state index in [1.807, 2.05) is 32.0 Å². The van der Waals surface area contributed by atoms with Crippen LogP contribution in [0, 0.1) is 13.8 Å². The average molecular weight is 294 g/mol. The summed E-state index contributed by atoms with van der Waals surface area (Å²) >= 11 is 3.37. The Morgan fingerprint density at radius 3 is 2.82 bits per heavy atom. The second kappa shape index (κ2) is 4.71. The summed E-state index contributed by atoms with van der Waals surface area (Å²) in [6.45, 7) is 3.83. The molecule has 1 amide bonds. The Bertz CT molecular complexity index is 563. The molecular weight excluding hydrogens is 282 g/mol. The van der Waals surface area contributed by atoms with Crippen LogP contribution in [0.2, 0.25) is 0 Å². The molecule has 0 unspecified atom stereocenters. The number of benzene rings is 1. The Morgan fingerprint density at radius 2 is 2.18 bits per heavy atom. The standard InChI is InChI=1S/C12H12BrN3O/c1-7-3-4-10(13)9(5-7)12(17)15-11-8(2)6-14-16-11/h3-6H,1-2H3,(H2,14,15,16,17). The number of amides is 1. The third-order valence-corrected chi connectivity index (χ3v) is 3.13. The molecule has 1 heterocycles. The zero-order valence-electron chi connectivity index (χ0n) is 9.54. The first-order chi connectivity index (χ1) is 8.08. The maximum Gasteiger partial charge on any atom is 0.257 e. The lowest BCUT2D eigenvalue weighted by Gasteiger charge is -2.06. The molecule has 0 atom stereocenters. The normalized spacial score (nSPS) is 10.3. The molecule has 4 nitrogen and oxygen atoms in total. The number of H-pyrrole nitrogens is 1. The molecule has 0 aliphatic rings. The van der Waals surface area contributed by atoms with E-state index in [0.29, 0.717) is 11.4 Å². The van der Waals surface area contributed by atoms with Crippen molar-refractivity contribution in [2.45, 2.75) is 13.8 Å². The van der Waals surface area contributed by atoms with Gasteiger partial charge in [0.25, 0.3) is 5.91 Å². The van der Waals surface area contributed by atoms with Crippen LogP contribution in [0.5, 0.6) is 0 Å². The molecule has 0 saturated carbocycles. The summed E-state index contributed by atoms with van der Waals surface area (Å²) in [5.74, 6) is 0.469. The number of hydrogen-bond donors (Lipinski definition) is 2. The van der Waals surface area contributed by atoms with E-state index in [9.17, 15) is 4.79 Å². The van der Waals surface area contributed by atoms with Crippen LogP contribution in [0.15, 0.2) is 28.9 Å². The van der Waals surface area contributed by atoms with Gasteiger partial charge in [-0.3, -0.25) is 9.89 Å². The Hall–Kier alpha value is -1.62. The van der Waals surface area contributed by atoms with E-state index in [0.717, 1.165) is 15.6 Å². The molecule has 88 valence electrons. The maximum atomic E-state index is 12.0. The molecule has 2 N–H and O–H groups in total. The monoisotopic (exact) mass is 293 g/mol. The number of nitrogens with one attached hydrogen (secondary N) is 2. The number of carbonyl (C=O) groups is 1. The van der Waals surface area contributed by atoms with Gasteiger partial charge in [0.2, 0.25) is 0 Å². The number of aryl methyl sites for hydroxylation is 2. The minimum atomic E-state index is -0.159. The van der Waals surface area contributed by atoms with Crippen molar-refractivity contribution >= 4 is 27.7 Å². The van der Waals surface area contributed by atoms with Crippen LogP contribution in [-0.4, -0.2) is 16.1 Å². The largest absolute Gasteiger partial charge is 0.307 e. The van der Waals surface area contributed by atoms with Crippen LogP contribution < -0.4 is 5.32 Å². The average Bonchev–Trinajstić information content (AvgIpc) is 2.68. The van der Waals surface area contributed by atoms with Crippen molar-refractivity contribution in [1.29, 1.82) is 0 Å². The topological polar surface area (TPSA) is 57.8 Å². The molecule has 1 aromatic carbocycles. The van der Waals surface area contributed by atoms with Gasteiger partial charge in [0.05, 0.1) is 11.8 Å². The van der Waals surface area contributed by atoms with Gasteiger partial charge in [-0.25, -0.2) is 0 Å². The molecular formula is C12H12BrN3O. The molecule has 2 aromatic rings. The zero-order valence-corrected chi connectivity index (χ0v) is 11.1. The highest BCUT2D eigenvalue weighted by Crippen LogP contribution is 2.20. The number of halogens is 1. The molecule has 0 bridgehead atoms. The molecule has 0 fully saturated rings. The molecule has 1 aromatic heterocycles. The number of nitrogens with zero attached hydrogens (tertiary/aromatic N) is 1. The number of aromatic amines is 1. The zero-order chi connectivity index (χ0) is 12.4. The molecule has 2 rings (SSSR count). The van der Waals surface area contributed by atoms with Gasteiger partial charge < -0.3 is 5.32 Å². The van der Waals surface area contributed by atoms with Crippen molar-refractivity contribution in [2.24, 2.45) is 0 Å². The van der Waals surface area contributed by atoms with Crippen molar-refractivity contribution in [1.82, 2.24) is 10.2 Å². The first kappa shape index (κ1) is 11.9. The lowest BCUT2D eigenvalue weighted by atomic mass is 10.1. The fourth-order valence-corrected chi connectivity index (χ4v) is 1.89. The molecule has 0 radical (unpaired) electrons. The van der Waals surface area contributed by atoms with Gasteiger partial charge in [-0.15, -0.1) is 0 Å². The van der Waals surface area contributed by atoms with Gasteiger partial charge >= 0.3 is 0 Å². The van der Waals surface area contributed by atoms with E-state index >= 15 is 0 Å². The summed E-state index contributed by atoms with van der Waals surface area (Å²) in [5.41, 5.74) is 2.56. The second-order valence-electron chi connectivity index (χ2n) is 3.87. The molecule has 0 aliphatic heterocycles. The highest BCUT2D eigenvalue weighted by atomic mass is 79.9. The minimum Gasteiger partial charge on any atom is -0.307 e. The van der Waals surface area contributed by atoms with E-state index in [1.165, 1.54) is 0 Å². The summed E-state index contributed by atoms with van der Waals surface area (Å²) in [5, 5.41) is 9.39. The minimum absolute atomic E-state index is 0.159. The lowest BCUT2D eigenvalue weighted by Crippen LogP contribution is -2.13. The third-order valence-electron chi connectivity index (χ3n) is 2.43. The predicted octanol–water partition coefficient (Wildman–Crippen LogP) is 3.04. The summed E-state index contributed by atoms with van der Waals surface area (Å²) in [6.07, 6.45) is 1.67. The van der Waals surface area contributed by atoms with Gasteiger partial charge in [-0.2, -0.15) is 5.10 Å². The molecule has 0 spiro atoms. The van der Waals surface area contributed by atoms with E-state index in [2.05, 4.69) is 31.4 Å². The molecule has 0 saturated heterocycles. The van der Waals surface area contributed by atoms with E-state index in [1.54, 1.807) is 6.20 Å². The number of aromatic nitrogens is 2. The first-order valence-corrected chi connectivity index (χ1v) is 5.94. The van der Waals surface area contributed by atoms with Crippen LogP contribution in [0.4, 0.5) is 5.82 Å². The summed E-state index contributed by atoms with van der Waals surface area (Å²) < 4.78 is 0.776. The van der Waals surface area contributed by atoms with Crippen molar-refractivity contribution < 1.29 is 4.79 Å². The van der Waals surface area contributed by atoms with Crippen LogP contribution in [0.1, 0.15) is 21.5 Å². The highest BCUT2D eigenvalue weighted by Gasteiger charge is 2.12. The second-order valence-corrected chi connectivity index (χ2v) is 4.72. The van der Waals surface area contributed by atoms with Crippen LogP contribution >= 0.6 is 15.9 Å². The van der Waals surface area contributed by atoms with Crippen molar-refractivity contribution in [3.05, 3.63) is 45.6 Å². The SMILES string of the molecule is Cc1ccc(Br)c(C(=O)Nc2[nH]ncc2C)c1. The van der Waals surface area contributed by atoms with Crippen LogP contribution in [0.3, 0.4) is 0 Å². The Balaban J connectivity index is 2.26. The summed E-state index contributed by atoms with van der Waals surface area (Å²) in [6, 6.07) is 5.65. The predicted molar refractivity (Wildman–Crippen MR) is 70.2 cm³/mol. The Morgan fingerprint density at radius 1 is 1.41 bits per heavy atom. The van der Waals surface area contributed by atoms with Gasteiger partial charge in [0.15, 0.2) is 0 Å². The van der Waals surface area contributed by atoms with Crippen molar-refractivity contribution in [3.8, 4) is 0 Å². The van der Waals surface area contributed by atoms with Crippen LogP contribution in [-0.2, 0) is 0 Å². The number of carbonyl (C=O) groups excluding carboxylic acids is 1. The lowest BCUT2D eigenvalue weighted by molar-refractivity contribution is 0.102. The van der Waals surface area contributed by atoms with Gasteiger partial charge in [0.1, 0.15) is 5.82 Å². The summed E-state index contributed by atoms with van der Waals surface area (Å²) in [4.78, 5) is 12.0. The molecule has 0 aliphatic carbocycles. The fourth-order valence-electron chi connectivity index (χ4n) is 1.47. The van der Waals surface area contributed by atoms with Gasteiger partial charge in [-0.1, -0.05) is 11.6 Å². The Kier molecular flexibility index (Phi) is 3.28. The first-order valence-electron chi connectivity index (χ1n) is 5.15.